The Morgan fingerprint density at radius 2 is 2.28 bits per heavy atom. The molecule has 2 unspecified atom stereocenters. The molecule has 1 aromatic carbocycles. The lowest BCUT2D eigenvalue weighted by Gasteiger charge is -2.29. The van der Waals surface area contributed by atoms with Crippen molar-refractivity contribution in [1.82, 2.24) is 4.98 Å². The first-order chi connectivity index (χ1) is 8.67. The molecule has 2 N–H and O–H groups in total. The van der Waals surface area contributed by atoms with Crippen molar-refractivity contribution in [2.45, 2.75) is 37.8 Å². The van der Waals surface area contributed by atoms with Crippen molar-refractivity contribution < 1.29 is 9.15 Å². The standard InChI is InChI=1S/C14H18N2O2/c1-14(7-4-8-17-14)12(15)9-13-16-10-5-2-3-6-11(10)18-13/h2-3,5-6,12H,4,7-9,15H2,1H3. The van der Waals surface area contributed by atoms with Gasteiger partial charge in [0.2, 0.25) is 0 Å². The molecule has 1 aliphatic rings. The number of nitrogens with zero attached hydrogens (tertiary/aromatic N) is 1. The molecule has 0 bridgehead atoms. The number of oxazole rings is 1. The number of para-hydroxylation sites is 2. The van der Waals surface area contributed by atoms with Crippen LogP contribution in [0.5, 0.6) is 0 Å². The Labute approximate surface area is 106 Å². The minimum absolute atomic E-state index is 0.0759. The summed E-state index contributed by atoms with van der Waals surface area (Å²) in [4.78, 5) is 4.45. The van der Waals surface area contributed by atoms with Crippen LogP contribution >= 0.6 is 0 Å². The van der Waals surface area contributed by atoms with Crippen molar-refractivity contribution in [3.05, 3.63) is 30.2 Å². The summed E-state index contributed by atoms with van der Waals surface area (Å²) >= 11 is 0. The third-order valence-electron chi connectivity index (χ3n) is 3.77. The van der Waals surface area contributed by atoms with Crippen molar-refractivity contribution in [2.24, 2.45) is 5.73 Å². The molecule has 18 heavy (non-hydrogen) atoms. The number of nitrogens with two attached hydrogens (primary N) is 1. The summed E-state index contributed by atoms with van der Waals surface area (Å²) < 4.78 is 11.5. The van der Waals surface area contributed by atoms with Crippen molar-refractivity contribution >= 4 is 11.1 Å². The maximum absolute atomic E-state index is 6.24. The lowest BCUT2D eigenvalue weighted by molar-refractivity contribution is -0.00224. The summed E-state index contributed by atoms with van der Waals surface area (Å²) in [5.41, 5.74) is 7.71. The van der Waals surface area contributed by atoms with Gasteiger partial charge in [0.1, 0.15) is 5.52 Å². The molecule has 0 amide bonds. The van der Waals surface area contributed by atoms with Crippen LogP contribution in [0.2, 0.25) is 0 Å². The predicted molar refractivity (Wildman–Crippen MR) is 69.3 cm³/mol. The zero-order chi connectivity index (χ0) is 12.6. The molecular weight excluding hydrogens is 228 g/mol. The van der Waals surface area contributed by atoms with Gasteiger partial charge in [0.15, 0.2) is 11.5 Å². The van der Waals surface area contributed by atoms with Gasteiger partial charge in [0.05, 0.1) is 5.60 Å². The van der Waals surface area contributed by atoms with Gasteiger partial charge in [0, 0.05) is 19.1 Å². The normalized spacial score (nSPS) is 25.7. The second kappa shape index (κ2) is 4.37. The van der Waals surface area contributed by atoms with Gasteiger partial charge >= 0.3 is 0 Å². The highest BCUT2D eigenvalue weighted by Gasteiger charge is 2.36. The first-order valence-corrected chi connectivity index (χ1v) is 6.41. The van der Waals surface area contributed by atoms with E-state index in [9.17, 15) is 0 Å². The average Bonchev–Trinajstić information content (AvgIpc) is 2.95. The minimum atomic E-state index is -0.235. The van der Waals surface area contributed by atoms with E-state index in [0.717, 1.165) is 30.5 Å². The lowest BCUT2D eigenvalue weighted by Crippen LogP contribution is -2.46. The molecule has 0 saturated carbocycles. The molecule has 0 spiro atoms. The summed E-state index contributed by atoms with van der Waals surface area (Å²) in [6, 6.07) is 7.69. The van der Waals surface area contributed by atoms with Gasteiger partial charge in [-0.3, -0.25) is 0 Å². The van der Waals surface area contributed by atoms with E-state index in [0.29, 0.717) is 12.3 Å². The predicted octanol–water partition coefficient (Wildman–Crippen LogP) is 2.27. The van der Waals surface area contributed by atoms with Crippen LogP contribution in [0.25, 0.3) is 11.1 Å². The highest BCUT2D eigenvalue weighted by atomic mass is 16.5. The van der Waals surface area contributed by atoms with Crippen LogP contribution in [0, 0.1) is 0 Å². The molecule has 1 saturated heterocycles. The zero-order valence-electron chi connectivity index (χ0n) is 10.6. The van der Waals surface area contributed by atoms with Crippen molar-refractivity contribution in [3.63, 3.8) is 0 Å². The smallest absolute Gasteiger partial charge is 0.197 e. The third kappa shape index (κ3) is 2.02. The first kappa shape index (κ1) is 11.7. The lowest BCUT2D eigenvalue weighted by atomic mass is 9.91. The van der Waals surface area contributed by atoms with Gasteiger partial charge in [0.25, 0.3) is 0 Å². The van der Waals surface area contributed by atoms with Gasteiger partial charge in [-0.2, -0.15) is 0 Å². The van der Waals surface area contributed by atoms with Crippen molar-refractivity contribution in [1.29, 1.82) is 0 Å². The zero-order valence-corrected chi connectivity index (χ0v) is 10.6. The largest absolute Gasteiger partial charge is 0.441 e. The maximum atomic E-state index is 6.24. The highest BCUT2D eigenvalue weighted by molar-refractivity contribution is 5.72. The fraction of sp³-hybridized carbons (Fsp3) is 0.500. The minimum Gasteiger partial charge on any atom is -0.441 e. The fourth-order valence-electron chi connectivity index (χ4n) is 2.50. The molecule has 1 aromatic heterocycles. The van der Waals surface area contributed by atoms with E-state index in [1.807, 2.05) is 24.3 Å². The SMILES string of the molecule is CC1(C(N)Cc2nc3ccccc3o2)CCCO1. The number of hydrogen-bond acceptors (Lipinski definition) is 4. The molecule has 2 atom stereocenters. The van der Waals surface area contributed by atoms with Crippen LogP contribution in [0.1, 0.15) is 25.7 Å². The molecule has 96 valence electrons. The second-order valence-electron chi connectivity index (χ2n) is 5.15. The molecule has 4 heteroatoms. The van der Waals surface area contributed by atoms with E-state index in [1.54, 1.807) is 0 Å². The quantitative estimate of drug-likeness (QED) is 0.902. The fourth-order valence-corrected chi connectivity index (χ4v) is 2.50. The average molecular weight is 246 g/mol. The van der Waals surface area contributed by atoms with E-state index in [-0.39, 0.29) is 11.6 Å². The maximum Gasteiger partial charge on any atom is 0.197 e. The molecule has 0 aliphatic carbocycles. The highest BCUT2D eigenvalue weighted by Crippen LogP contribution is 2.29. The molecule has 4 nitrogen and oxygen atoms in total. The van der Waals surface area contributed by atoms with Gasteiger partial charge < -0.3 is 14.9 Å². The summed E-state index contributed by atoms with van der Waals surface area (Å²) in [6.45, 7) is 2.88. The Kier molecular flexibility index (Phi) is 2.84. The van der Waals surface area contributed by atoms with Crippen LogP contribution in [0.15, 0.2) is 28.7 Å². The van der Waals surface area contributed by atoms with Gasteiger partial charge in [-0.1, -0.05) is 12.1 Å². The summed E-state index contributed by atoms with van der Waals surface area (Å²) in [6.07, 6.45) is 2.71. The van der Waals surface area contributed by atoms with E-state index in [4.69, 9.17) is 14.9 Å². The summed E-state index contributed by atoms with van der Waals surface area (Å²) in [5, 5.41) is 0. The number of rotatable bonds is 3. The van der Waals surface area contributed by atoms with Gasteiger partial charge in [-0.15, -0.1) is 0 Å². The van der Waals surface area contributed by atoms with Crippen molar-refractivity contribution in [2.75, 3.05) is 6.61 Å². The van der Waals surface area contributed by atoms with Crippen LogP contribution in [-0.2, 0) is 11.2 Å². The van der Waals surface area contributed by atoms with E-state index in [2.05, 4.69) is 11.9 Å². The Balaban J connectivity index is 1.79. The van der Waals surface area contributed by atoms with E-state index < -0.39 is 0 Å². The van der Waals surface area contributed by atoms with E-state index in [1.165, 1.54) is 0 Å². The van der Waals surface area contributed by atoms with Gasteiger partial charge in [-0.25, -0.2) is 4.98 Å². The third-order valence-corrected chi connectivity index (χ3v) is 3.77. The molecule has 2 heterocycles. The molecule has 0 radical (unpaired) electrons. The Hall–Kier alpha value is -1.39. The topological polar surface area (TPSA) is 61.3 Å². The monoisotopic (exact) mass is 246 g/mol. The van der Waals surface area contributed by atoms with Crippen LogP contribution < -0.4 is 5.73 Å². The second-order valence-corrected chi connectivity index (χ2v) is 5.15. The molecule has 1 aliphatic heterocycles. The van der Waals surface area contributed by atoms with Crippen molar-refractivity contribution in [3.8, 4) is 0 Å². The summed E-state index contributed by atoms with van der Waals surface area (Å²) in [5.74, 6) is 0.695. The number of benzene rings is 1. The van der Waals surface area contributed by atoms with Crippen LogP contribution in [0.3, 0.4) is 0 Å². The van der Waals surface area contributed by atoms with Crippen LogP contribution in [-0.4, -0.2) is 23.2 Å². The number of ether oxygens (including phenoxy) is 1. The first-order valence-electron chi connectivity index (χ1n) is 6.41. The Morgan fingerprint density at radius 3 is 3.00 bits per heavy atom. The summed E-state index contributed by atoms with van der Waals surface area (Å²) in [7, 11) is 0. The number of fused-ring (bicyclic) bond motifs is 1. The Morgan fingerprint density at radius 1 is 1.44 bits per heavy atom. The number of hydrogen-bond donors (Lipinski definition) is 1. The van der Waals surface area contributed by atoms with E-state index >= 15 is 0 Å². The molecule has 1 fully saturated rings. The molecular formula is C14H18N2O2. The molecule has 2 aromatic rings. The Bertz CT molecular complexity index is 510. The molecule has 3 rings (SSSR count). The number of aromatic nitrogens is 1. The van der Waals surface area contributed by atoms with Crippen LogP contribution in [0.4, 0.5) is 0 Å². The van der Waals surface area contributed by atoms with Gasteiger partial charge in [-0.05, 0) is 31.9 Å².